The second-order valence-electron chi connectivity index (χ2n) is 6.88. The first-order valence-electron chi connectivity index (χ1n) is 9.75. The van der Waals surface area contributed by atoms with E-state index in [1.54, 1.807) is 60.5 Å². The average molecular weight is 452 g/mol. The number of phenolic OH excluding ortho intramolecular Hbond substituents is 1. The summed E-state index contributed by atoms with van der Waals surface area (Å²) < 4.78 is 31.4. The van der Waals surface area contributed by atoms with Crippen molar-refractivity contribution in [1.82, 2.24) is 20.0 Å². The minimum Gasteiger partial charge on any atom is -0.507 e. The van der Waals surface area contributed by atoms with E-state index < -0.39 is 9.84 Å². The molecule has 0 aliphatic heterocycles. The zero-order valence-electron chi connectivity index (χ0n) is 17.4. The number of pyridine rings is 1. The van der Waals surface area contributed by atoms with Crippen molar-refractivity contribution in [2.45, 2.75) is 11.8 Å². The summed E-state index contributed by atoms with van der Waals surface area (Å²) in [4.78, 5) is 4.28. The lowest BCUT2D eigenvalue weighted by Crippen LogP contribution is -2.05. The zero-order valence-corrected chi connectivity index (χ0v) is 18.2. The number of hydrogen-bond acceptors (Lipinski definition) is 8. The number of phenols is 1. The number of anilines is 2. The standard InChI is InChI=1S/C22H21N5O4S/c1-3-32(29,30)17-7-9-21(31-2)19(12-17)24-22-14-27(26-25-22)16-6-8-20(28)18(11-16)15-5-4-10-23-13-15/h4-14,24,28H,3H2,1-2H3. The predicted molar refractivity (Wildman–Crippen MR) is 120 cm³/mol. The number of nitrogens with zero attached hydrogens (tertiary/aromatic N) is 4. The van der Waals surface area contributed by atoms with E-state index >= 15 is 0 Å². The minimum atomic E-state index is -3.38. The largest absolute Gasteiger partial charge is 0.507 e. The molecule has 0 radical (unpaired) electrons. The molecule has 0 spiro atoms. The van der Waals surface area contributed by atoms with E-state index in [-0.39, 0.29) is 16.4 Å². The van der Waals surface area contributed by atoms with Crippen LogP contribution in [0.1, 0.15) is 6.92 Å². The van der Waals surface area contributed by atoms with Crippen molar-refractivity contribution in [3.63, 3.8) is 0 Å². The first-order chi connectivity index (χ1) is 15.4. The van der Waals surface area contributed by atoms with Crippen molar-refractivity contribution >= 4 is 21.3 Å². The Morgan fingerprint density at radius 2 is 2.00 bits per heavy atom. The molecule has 4 rings (SSSR count). The van der Waals surface area contributed by atoms with Gasteiger partial charge in [-0.1, -0.05) is 18.2 Å². The van der Waals surface area contributed by atoms with Gasteiger partial charge in [-0.2, -0.15) is 0 Å². The molecule has 0 aliphatic carbocycles. The lowest BCUT2D eigenvalue weighted by Gasteiger charge is -2.11. The Balaban J connectivity index is 1.65. The number of aromatic nitrogens is 4. The van der Waals surface area contributed by atoms with Gasteiger partial charge in [-0.15, -0.1) is 5.10 Å². The second-order valence-corrected chi connectivity index (χ2v) is 9.16. The third-order valence-electron chi connectivity index (χ3n) is 4.88. The first kappa shape index (κ1) is 21.3. The molecule has 2 heterocycles. The molecule has 164 valence electrons. The summed E-state index contributed by atoms with van der Waals surface area (Å²) in [7, 11) is -1.87. The fourth-order valence-electron chi connectivity index (χ4n) is 3.15. The van der Waals surface area contributed by atoms with Crippen molar-refractivity contribution in [2.75, 3.05) is 18.2 Å². The molecule has 9 nitrogen and oxygen atoms in total. The van der Waals surface area contributed by atoms with E-state index in [9.17, 15) is 13.5 Å². The van der Waals surface area contributed by atoms with Gasteiger partial charge in [-0.05, 0) is 42.5 Å². The van der Waals surface area contributed by atoms with E-state index in [1.807, 2.05) is 6.07 Å². The van der Waals surface area contributed by atoms with Crippen LogP contribution in [0.25, 0.3) is 16.8 Å². The zero-order chi connectivity index (χ0) is 22.7. The Bertz CT molecular complexity index is 1350. The van der Waals surface area contributed by atoms with Gasteiger partial charge in [-0.25, -0.2) is 13.1 Å². The molecule has 0 fully saturated rings. The van der Waals surface area contributed by atoms with Crippen LogP contribution in [0.2, 0.25) is 0 Å². The van der Waals surface area contributed by atoms with Gasteiger partial charge in [0.05, 0.1) is 35.3 Å². The summed E-state index contributed by atoms with van der Waals surface area (Å²) in [6.45, 7) is 1.59. The highest BCUT2D eigenvalue weighted by Gasteiger charge is 2.16. The molecule has 0 unspecified atom stereocenters. The molecule has 4 aromatic rings. The van der Waals surface area contributed by atoms with Gasteiger partial charge in [-0.3, -0.25) is 4.98 Å². The Labute approximate surface area is 185 Å². The third-order valence-corrected chi connectivity index (χ3v) is 6.62. The second kappa shape index (κ2) is 8.67. The minimum absolute atomic E-state index is 0.00489. The van der Waals surface area contributed by atoms with Crippen LogP contribution in [-0.2, 0) is 9.84 Å². The Hall–Kier alpha value is -3.92. The van der Waals surface area contributed by atoms with Gasteiger partial charge in [0.1, 0.15) is 11.5 Å². The maximum Gasteiger partial charge on any atom is 0.178 e. The quantitative estimate of drug-likeness (QED) is 0.438. The number of benzene rings is 2. The van der Waals surface area contributed by atoms with E-state index in [0.29, 0.717) is 28.5 Å². The smallest absolute Gasteiger partial charge is 0.178 e. The number of methoxy groups -OCH3 is 1. The summed E-state index contributed by atoms with van der Waals surface area (Å²) in [5.74, 6) is 0.983. The summed E-state index contributed by atoms with van der Waals surface area (Å²) in [6, 6.07) is 13.3. The van der Waals surface area contributed by atoms with Gasteiger partial charge in [0.25, 0.3) is 0 Å². The fourth-order valence-corrected chi connectivity index (χ4v) is 4.06. The van der Waals surface area contributed by atoms with Crippen LogP contribution < -0.4 is 10.1 Å². The van der Waals surface area contributed by atoms with E-state index in [2.05, 4.69) is 20.6 Å². The molecular weight excluding hydrogens is 430 g/mol. The van der Waals surface area contributed by atoms with E-state index in [1.165, 1.54) is 19.2 Å². The van der Waals surface area contributed by atoms with Gasteiger partial charge < -0.3 is 15.2 Å². The monoisotopic (exact) mass is 451 g/mol. The van der Waals surface area contributed by atoms with E-state index in [0.717, 1.165) is 5.56 Å². The van der Waals surface area contributed by atoms with Gasteiger partial charge >= 0.3 is 0 Å². The molecule has 0 amide bonds. The predicted octanol–water partition coefficient (Wildman–Crippen LogP) is 3.58. The Kier molecular flexibility index (Phi) is 5.78. The van der Waals surface area contributed by atoms with Crippen LogP contribution in [-0.4, -0.2) is 46.4 Å². The maximum atomic E-state index is 12.2. The molecule has 32 heavy (non-hydrogen) atoms. The third kappa shape index (κ3) is 4.26. The topological polar surface area (TPSA) is 119 Å². The molecule has 2 aromatic heterocycles. The van der Waals surface area contributed by atoms with Crippen LogP contribution in [0.15, 0.2) is 72.0 Å². The lowest BCUT2D eigenvalue weighted by atomic mass is 10.1. The summed E-state index contributed by atoms with van der Waals surface area (Å²) in [5.41, 5.74) is 2.51. The van der Waals surface area contributed by atoms with Gasteiger partial charge in [0, 0.05) is 23.5 Å². The molecule has 10 heteroatoms. The Morgan fingerprint density at radius 3 is 2.72 bits per heavy atom. The first-order valence-corrected chi connectivity index (χ1v) is 11.4. The molecular formula is C22H21N5O4S. The number of aromatic hydroxyl groups is 1. The summed E-state index contributed by atoms with van der Waals surface area (Å²) in [6.07, 6.45) is 4.98. The molecule has 0 atom stereocenters. The van der Waals surface area contributed by atoms with Crippen LogP contribution in [0, 0.1) is 0 Å². The van der Waals surface area contributed by atoms with Crippen molar-refractivity contribution < 1.29 is 18.3 Å². The molecule has 0 saturated carbocycles. The Morgan fingerprint density at radius 1 is 1.16 bits per heavy atom. The summed E-state index contributed by atoms with van der Waals surface area (Å²) >= 11 is 0. The number of ether oxygens (including phenoxy) is 1. The van der Waals surface area contributed by atoms with Crippen molar-refractivity contribution in [3.05, 3.63) is 67.1 Å². The number of sulfone groups is 1. The highest BCUT2D eigenvalue weighted by Crippen LogP contribution is 2.32. The summed E-state index contributed by atoms with van der Waals surface area (Å²) in [5, 5.41) is 21.6. The average Bonchev–Trinajstić information content (AvgIpc) is 3.28. The molecule has 2 aromatic carbocycles. The van der Waals surface area contributed by atoms with Crippen LogP contribution >= 0.6 is 0 Å². The van der Waals surface area contributed by atoms with E-state index in [4.69, 9.17) is 4.74 Å². The highest BCUT2D eigenvalue weighted by molar-refractivity contribution is 7.91. The SMILES string of the molecule is CCS(=O)(=O)c1ccc(OC)c(Nc2cn(-c3ccc(O)c(-c4cccnc4)c3)nn2)c1. The van der Waals surface area contributed by atoms with Crippen LogP contribution in [0.3, 0.4) is 0 Å². The molecule has 0 saturated heterocycles. The van der Waals surface area contributed by atoms with Crippen molar-refractivity contribution in [3.8, 4) is 28.3 Å². The molecule has 0 bridgehead atoms. The van der Waals surface area contributed by atoms with Crippen LogP contribution in [0.4, 0.5) is 11.5 Å². The van der Waals surface area contributed by atoms with Crippen molar-refractivity contribution in [1.29, 1.82) is 0 Å². The lowest BCUT2D eigenvalue weighted by molar-refractivity contribution is 0.416. The van der Waals surface area contributed by atoms with Crippen LogP contribution in [0.5, 0.6) is 11.5 Å². The van der Waals surface area contributed by atoms with Gasteiger partial charge in [0.15, 0.2) is 15.7 Å². The normalized spacial score (nSPS) is 11.3. The number of hydrogen-bond donors (Lipinski definition) is 2. The number of nitrogens with one attached hydrogen (secondary N) is 1. The maximum absolute atomic E-state index is 12.2. The van der Waals surface area contributed by atoms with Gasteiger partial charge in [0.2, 0.25) is 0 Å². The number of rotatable bonds is 7. The fraction of sp³-hybridized carbons (Fsp3) is 0.136. The highest BCUT2D eigenvalue weighted by atomic mass is 32.2. The molecule has 2 N–H and O–H groups in total. The molecule has 0 aliphatic rings. The van der Waals surface area contributed by atoms with Crippen molar-refractivity contribution in [2.24, 2.45) is 0 Å².